The van der Waals surface area contributed by atoms with Gasteiger partial charge in [0.1, 0.15) is 5.75 Å². The first-order valence-electron chi connectivity index (χ1n) is 8.83. The Hall–Kier alpha value is -2.37. The van der Waals surface area contributed by atoms with Crippen molar-refractivity contribution in [2.24, 2.45) is 0 Å². The largest absolute Gasteiger partial charge is 0.493 e. The fourth-order valence-corrected chi connectivity index (χ4v) is 2.65. The number of aliphatic carboxylic acids is 1. The van der Waals surface area contributed by atoms with Gasteiger partial charge in [-0.05, 0) is 44.1 Å². The molecular weight excluding hydrogens is 330 g/mol. The minimum atomic E-state index is -0.984. The van der Waals surface area contributed by atoms with Gasteiger partial charge in [0.15, 0.2) is 0 Å². The number of hydrogen-bond acceptors (Lipinski definition) is 4. The average Bonchev–Trinajstić information content (AvgIpc) is 2.64. The van der Waals surface area contributed by atoms with E-state index in [-0.39, 0.29) is 0 Å². The van der Waals surface area contributed by atoms with Crippen molar-refractivity contribution in [3.63, 3.8) is 0 Å². The molecule has 2 aromatic carbocycles. The van der Waals surface area contributed by atoms with Crippen molar-refractivity contribution in [3.8, 4) is 5.75 Å². The van der Waals surface area contributed by atoms with Crippen LogP contribution in [0.2, 0.25) is 0 Å². The quantitative estimate of drug-likeness (QED) is 0.494. The molecule has 26 heavy (non-hydrogen) atoms. The van der Waals surface area contributed by atoms with E-state index in [1.807, 2.05) is 24.3 Å². The molecule has 1 unspecified atom stereocenters. The standard InChI is InChI=1S/C21H27NO4/c1-22(2)20(21(23)24)26-16-8-15-25-19-12-7-6-11-18(19)14-13-17-9-4-3-5-10-17/h3-7,9-12,20H,8,13-16H2,1-2H3,(H,23,24). The minimum absolute atomic E-state index is 0.335. The van der Waals surface area contributed by atoms with Gasteiger partial charge in [-0.2, -0.15) is 0 Å². The molecule has 0 aliphatic carbocycles. The highest BCUT2D eigenvalue weighted by atomic mass is 16.5. The van der Waals surface area contributed by atoms with Crippen molar-refractivity contribution >= 4 is 5.97 Å². The fraction of sp³-hybridized carbons (Fsp3) is 0.381. The summed E-state index contributed by atoms with van der Waals surface area (Å²) in [5.74, 6) is -0.104. The predicted molar refractivity (Wildman–Crippen MR) is 101 cm³/mol. The first kappa shape index (κ1) is 19.9. The SMILES string of the molecule is CN(C)C(OCCCOc1ccccc1CCc1ccccc1)C(=O)O. The summed E-state index contributed by atoms with van der Waals surface area (Å²) >= 11 is 0. The smallest absolute Gasteiger partial charge is 0.348 e. The summed E-state index contributed by atoms with van der Waals surface area (Å²) in [6.45, 7) is 0.823. The molecule has 140 valence electrons. The Balaban J connectivity index is 1.78. The van der Waals surface area contributed by atoms with Gasteiger partial charge in [0, 0.05) is 6.42 Å². The van der Waals surface area contributed by atoms with E-state index >= 15 is 0 Å². The molecule has 0 amide bonds. The number of aryl methyl sites for hydroxylation is 2. The van der Waals surface area contributed by atoms with Crippen LogP contribution < -0.4 is 4.74 Å². The lowest BCUT2D eigenvalue weighted by atomic mass is 10.0. The normalized spacial score (nSPS) is 12.1. The number of ether oxygens (including phenoxy) is 2. The summed E-state index contributed by atoms with van der Waals surface area (Å²) in [7, 11) is 3.36. The Morgan fingerprint density at radius 1 is 1.00 bits per heavy atom. The van der Waals surface area contributed by atoms with Crippen LogP contribution in [0.5, 0.6) is 5.75 Å². The molecule has 2 rings (SSSR count). The van der Waals surface area contributed by atoms with E-state index in [1.54, 1.807) is 14.1 Å². The summed E-state index contributed by atoms with van der Waals surface area (Å²) in [5.41, 5.74) is 2.48. The molecule has 2 aromatic rings. The number of carboxylic acid groups (broad SMARTS) is 1. The molecule has 0 fully saturated rings. The third-order valence-electron chi connectivity index (χ3n) is 4.00. The second-order valence-corrected chi connectivity index (χ2v) is 6.32. The highest BCUT2D eigenvalue weighted by Gasteiger charge is 2.19. The maximum absolute atomic E-state index is 11.1. The molecule has 0 bridgehead atoms. The lowest BCUT2D eigenvalue weighted by Gasteiger charge is -2.20. The summed E-state index contributed by atoms with van der Waals surface area (Å²) in [6.07, 6.45) is 1.59. The van der Waals surface area contributed by atoms with E-state index < -0.39 is 12.2 Å². The monoisotopic (exact) mass is 357 g/mol. The summed E-state index contributed by atoms with van der Waals surface area (Å²) in [4.78, 5) is 12.6. The number of benzene rings is 2. The molecule has 0 aliphatic heterocycles. The molecule has 0 aliphatic rings. The zero-order chi connectivity index (χ0) is 18.8. The van der Waals surface area contributed by atoms with Crippen LogP contribution in [-0.2, 0) is 22.4 Å². The molecule has 5 nitrogen and oxygen atoms in total. The first-order chi connectivity index (χ1) is 12.6. The zero-order valence-corrected chi connectivity index (χ0v) is 15.4. The Labute approximate surface area is 155 Å². The van der Waals surface area contributed by atoms with Crippen LogP contribution in [-0.4, -0.2) is 49.5 Å². The molecule has 0 aromatic heterocycles. The van der Waals surface area contributed by atoms with Crippen molar-refractivity contribution in [1.29, 1.82) is 0 Å². The molecule has 1 N–H and O–H groups in total. The highest BCUT2D eigenvalue weighted by Crippen LogP contribution is 2.20. The number of likely N-dealkylation sites (N-methyl/N-ethyl adjacent to an activating group) is 1. The number of rotatable bonds is 11. The topological polar surface area (TPSA) is 59.0 Å². The van der Waals surface area contributed by atoms with Gasteiger partial charge in [0.2, 0.25) is 6.23 Å². The van der Waals surface area contributed by atoms with Gasteiger partial charge in [-0.25, -0.2) is 4.79 Å². The van der Waals surface area contributed by atoms with Gasteiger partial charge in [-0.1, -0.05) is 48.5 Å². The Morgan fingerprint density at radius 3 is 2.38 bits per heavy atom. The summed E-state index contributed by atoms with van der Waals surface area (Å²) in [6, 6.07) is 18.4. The number of para-hydroxylation sites is 1. The lowest BCUT2D eigenvalue weighted by Crippen LogP contribution is -2.38. The number of nitrogens with zero attached hydrogens (tertiary/aromatic N) is 1. The van der Waals surface area contributed by atoms with Gasteiger partial charge in [-0.3, -0.25) is 4.90 Å². The number of carboxylic acids is 1. The van der Waals surface area contributed by atoms with E-state index in [0.29, 0.717) is 19.6 Å². The third kappa shape index (κ3) is 6.50. The van der Waals surface area contributed by atoms with E-state index in [4.69, 9.17) is 14.6 Å². The van der Waals surface area contributed by atoms with Gasteiger partial charge in [0.05, 0.1) is 13.2 Å². The Bertz CT molecular complexity index is 673. The second kappa shape index (κ2) is 10.6. The zero-order valence-electron chi connectivity index (χ0n) is 15.4. The predicted octanol–water partition coefficient (Wildman–Crippen LogP) is 3.23. The maximum Gasteiger partial charge on any atom is 0.348 e. The van der Waals surface area contributed by atoms with Gasteiger partial charge in [0.25, 0.3) is 0 Å². The molecule has 0 heterocycles. The summed E-state index contributed by atoms with van der Waals surface area (Å²) < 4.78 is 11.3. The number of hydrogen-bond donors (Lipinski definition) is 1. The molecule has 0 saturated carbocycles. The van der Waals surface area contributed by atoms with Crippen LogP contribution in [0.25, 0.3) is 0 Å². The van der Waals surface area contributed by atoms with Crippen LogP contribution in [0.4, 0.5) is 0 Å². The Morgan fingerprint density at radius 2 is 1.69 bits per heavy atom. The van der Waals surface area contributed by atoms with E-state index in [2.05, 4.69) is 30.3 Å². The van der Waals surface area contributed by atoms with Crippen LogP contribution in [0, 0.1) is 0 Å². The second-order valence-electron chi connectivity index (χ2n) is 6.32. The third-order valence-corrected chi connectivity index (χ3v) is 4.00. The van der Waals surface area contributed by atoms with Crippen molar-refractivity contribution in [2.45, 2.75) is 25.5 Å². The highest BCUT2D eigenvalue weighted by molar-refractivity contribution is 5.71. The van der Waals surface area contributed by atoms with Gasteiger partial charge < -0.3 is 14.6 Å². The van der Waals surface area contributed by atoms with Crippen molar-refractivity contribution in [2.75, 3.05) is 27.3 Å². The van der Waals surface area contributed by atoms with Crippen LogP contribution in [0.1, 0.15) is 17.5 Å². The van der Waals surface area contributed by atoms with Gasteiger partial charge >= 0.3 is 5.97 Å². The van der Waals surface area contributed by atoms with Crippen molar-refractivity contribution in [1.82, 2.24) is 4.90 Å². The first-order valence-corrected chi connectivity index (χ1v) is 8.83. The van der Waals surface area contributed by atoms with Crippen LogP contribution >= 0.6 is 0 Å². The lowest BCUT2D eigenvalue weighted by molar-refractivity contribution is -0.161. The minimum Gasteiger partial charge on any atom is -0.493 e. The van der Waals surface area contributed by atoms with E-state index in [0.717, 1.165) is 18.6 Å². The van der Waals surface area contributed by atoms with Crippen molar-refractivity contribution < 1.29 is 19.4 Å². The van der Waals surface area contributed by atoms with Crippen LogP contribution in [0.15, 0.2) is 54.6 Å². The average molecular weight is 357 g/mol. The maximum atomic E-state index is 11.1. The fourth-order valence-electron chi connectivity index (χ4n) is 2.65. The molecular formula is C21H27NO4. The van der Waals surface area contributed by atoms with E-state index in [9.17, 15) is 4.79 Å². The van der Waals surface area contributed by atoms with Crippen molar-refractivity contribution in [3.05, 3.63) is 65.7 Å². The molecule has 0 saturated heterocycles. The van der Waals surface area contributed by atoms with Crippen LogP contribution in [0.3, 0.4) is 0 Å². The number of carbonyl (C=O) groups is 1. The molecule has 0 radical (unpaired) electrons. The summed E-state index contributed by atoms with van der Waals surface area (Å²) in [5, 5.41) is 9.07. The molecule has 5 heteroatoms. The Kier molecular flexibility index (Phi) is 8.12. The van der Waals surface area contributed by atoms with Gasteiger partial charge in [-0.15, -0.1) is 0 Å². The van der Waals surface area contributed by atoms with E-state index in [1.165, 1.54) is 16.0 Å². The molecule has 0 spiro atoms. The molecule has 1 atom stereocenters.